The topological polar surface area (TPSA) is 94.5 Å². The Morgan fingerprint density at radius 2 is 2.12 bits per heavy atom. The van der Waals surface area contributed by atoms with Gasteiger partial charge in [0.05, 0.1) is 12.9 Å². The van der Waals surface area contributed by atoms with Crippen molar-refractivity contribution in [3.63, 3.8) is 0 Å². The minimum Gasteiger partial charge on any atom is -0.455 e. The van der Waals surface area contributed by atoms with Crippen molar-refractivity contribution in [2.45, 2.75) is 31.8 Å². The molecule has 2 N–H and O–H groups in total. The third-order valence-corrected chi connectivity index (χ3v) is 5.01. The Morgan fingerprint density at radius 3 is 2.88 bits per heavy atom. The molecule has 8 nitrogen and oxygen atoms in total. The lowest BCUT2D eigenvalue weighted by molar-refractivity contribution is -0.127. The summed E-state index contributed by atoms with van der Waals surface area (Å²) in [5, 5.41) is 2.83. The number of rotatable bonds is 5. The van der Waals surface area contributed by atoms with Crippen molar-refractivity contribution in [2.24, 2.45) is 0 Å². The standard InChI is InChI=1S/C18H23N5O3/c24-17-15(9-13-10-19-12-21-13)23(8-5-20-17)18(25)16-4-3-14(26-16)11-22-6-1-2-7-22/h3-4,10,12,15H,1-2,5-9,11H2,(H,19,21)(H,20,24)/t15-/m1/s1. The van der Waals surface area contributed by atoms with Crippen molar-refractivity contribution in [3.05, 3.63) is 41.9 Å². The molecule has 0 aliphatic carbocycles. The molecule has 0 radical (unpaired) electrons. The Labute approximate surface area is 151 Å². The molecule has 4 rings (SSSR count). The molecule has 2 amide bonds. The minimum atomic E-state index is -0.566. The van der Waals surface area contributed by atoms with Crippen LogP contribution in [0, 0.1) is 0 Å². The summed E-state index contributed by atoms with van der Waals surface area (Å²) < 4.78 is 5.79. The zero-order valence-corrected chi connectivity index (χ0v) is 14.6. The Bertz CT molecular complexity index is 764. The van der Waals surface area contributed by atoms with Crippen molar-refractivity contribution in [2.75, 3.05) is 26.2 Å². The zero-order chi connectivity index (χ0) is 17.9. The van der Waals surface area contributed by atoms with Crippen LogP contribution in [-0.2, 0) is 17.8 Å². The summed E-state index contributed by atoms with van der Waals surface area (Å²) in [5.74, 6) is 0.699. The highest BCUT2D eigenvalue weighted by Gasteiger charge is 2.35. The first-order valence-corrected chi connectivity index (χ1v) is 9.08. The van der Waals surface area contributed by atoms with Gasteiger partial charge in [-0.05, 0) is 38.1 Å². The quantitative estimate of drug-likeness (QED) is 0.825. The smallest absolute Gasteiger partial charge is 0.290 e. The van der Waals surface area contributed by atoms with Crippen LogP contribution >= 0.6 is 0 Å². The fraction of sp³-hybridized carbons (Fsp3) is 0.500. The molecule has 26 heavy (non-hydrogen) atoms. The summed E-state index contributed by atoms with van der Waals surface area (Å²) in [4.78, 5) is 36.2. The second kappa shape index (κ2) is 7.33. The van der Waals surface area contributed by atoms with E-state index in [4.69, 9.17) is 4.42 Å². The van der Waals surface area contributed by atoms with E-state index in [0.717, 1.165) is 31.1 Å². The predicted molar refractivity (Wildman–Crippen MR) is 93.3 cm³/mol. The van der Waals surface area contributed by atoms with E-state index in [1.54, 1.807) is 23.5 Å². The molecule has 2 fully saturated rings. The van der Waals surface area contributed by atoms with Gasteiger partial charge in [-0.15, -0.1) is 0 Å². The number of aromatic nitrogens is 2. The van der Waals surface area contributed by atoms with Crippen molar-refractivity contribution in [1.82, 2.24) is 25.1 Å². The Balaban J connectivity index is 1.48. The van der Waals surface area contributed by atoms with E-state index in [1.807, 2.05) is 6.07 Å². The molecular formula is C18H23N5O3. The molecule has 0 saturated carbocycles. The number of aromatic amines is 1. The number of H-pyrrole nitrogens is 1. The first-order chi connectivity index (χ1) is 12.7. The van der Waals surface area contributed by atoms with Gasteiger partial charge in [0, 0.05) is 31.4 Å². The number of nitrogens with one attached hydrogen (secondary N) is 2. The molecule has 2 saturated heterocycles. The second-order valence-corrected chi connectivity index (χ2v) is 6.84. The molecule has 0 spiro atoms. The van der Waals surface area contributed by atoms with Crippen LogP contribution in [0.1, 0.15) is 34.9 Å². The summed E-state index contributed by atoms with van der Waals surface area (Å²) in [6, 6.07) is 3.01. The lowest BCUT2D eigenvalue weighted by Gasteiger charge is -2.34. The molecule has 1 atom stereocenters. The van der Waals surface area contributed by atoms with Crippen LogP contribution in [0.15, 0.2) is 29.1 Å². The van der Waals surface area contributed by atoms with Crippen LogP contribution in [0.2, 0.25) is 0 Å². The highest BCUT2D eigenvalue weighted by molar-refractivity contribution is 5.96. The van der Waals surface area contributed by atoms with Gasteiger partial charge in [0.2, 0.25) is 5.91 Å². The Kier molecular flexibility index (Phi) is 4.75. The van der Waals surface area contributed by atoms with Crippen molar-refractivity contribution >= 4 is 11.8 Å². The molecule has 2 aliphatic heterocycles. The lowest BCUT2D eigenvalue weighted by Crippen LogP contribution is -2.58. The molecule has 0 unspecified atom stereocenters. The Morgan fingerprint density at radius 1 is 1.27 bits per heavy atom. The normalized spacial score (nSPS) is 21.2. The van der Waals surface area contributed by atoms with Gasteiger partial charge in [0.15, 0.2) is 5.76 Å². The van der Waals surface area contributed by atoms with Gasteiger partial charge < -0.3 is 19.6 Å². The van der Waals surface area contributed by atoms with Crippen LogP contribution in [-0.4, -0.2) is 63.8 Å². The average Bonchev–Trinajstić information content (AvgIpc) is 3.39. The largest absolute Gasteiger partial charge is 0.455 e. The number of likely N-dealkylation sites (tertiary alicyclic amines) is 1. The number of furan rings is 1. The van der Waals surface area contributed by atoms with Crippen LogP contribution in [0.4, 0.5) is 0 Å². The number of amides is 2. The highest BCUT2D eigenvalue weighted by Crippen LogP contribution is 2.19. The maximum atomic E-state index is 12.9. The van der Waals surface area contributed by atoms with E-state index < -0.39 is 6.04 Å². The molecular weight excluding hydrogens is 334 g/mol. The molecule has 0 aromatic carbocycles. The highest BCUT2D eigenvalue weighted by atomic mass is 16.4. The molecule has 0 bridgehead atoms. The number of carbonyl (C=O) groups excluding carboxylic acids is 2. The van der Waals surface area contributed by atoms with Crippen LogP contribution in [0.5, 0.6) is 0 Å². The molecule has 4 heterocycles. The number of hydrogen-bond acceptors (Lipinski definition) is 5. The summed E-state index contributed by atoms with van der Waals surface area (Å²) in [6.07, 6.45) is 6.07. The maximum absolute atomic E-state index is 12.9. The van der Waals surface area contributed by atoms with Crippen LogP contribution in [0.25, 0.3) is 0 Å². The number of carbonyl (C=O) groups is 2. The van der Waals surface area contributed by atoms with E-state index in [-0.39, 0.29) is 11.8 Å². The lowest BCUT2D eigenvalue weighted by atomic mass is 10.1. The number of imidazole rings is 1. The van der Waals surface area contributed by atoms with Crippen LogP contribution in [0.3, 0.4) is 0 Å². The molecule has 2 aromatic rings. The molecule has 138 valence electrons. The average molecular weight is 357 g/mol. The van der Waals surface area contributed by atoms with Gasteiger partial charge in [-0.25, -0.2) is 4.98 Å². The zero-order valence-electron chi connectivity index (χ0n) is 14.6. The third-order valence-electron chi connectivity index (χ3n) is 5.01. The monoisotopic (exact) mass is 357 g/mol. The van der Waals surface area contributed by atoms with E-state index in [0.29, 0.717) is 25.3 Å². The van der Waals surface area contributed by atoms with Crippen molar-refractivity contribution in [1.29, 1.82) is 0 Å². The van der Waals surface area contributed by atoms with Gasteiger partial charge in [0.1, 0.15) is 11.8 Å². The van der Waals surface area contributed by atoms with E-state index in [1.165, 1.54) is 12.8 Å². The van der Waals surface area contributed by atoms with Gasteiger partial charge in [-0.2, -0.15) is 0 Å². The van der Waals surface area contributed by atoms with Crippen LogP contribution < -0.4 is 5.32 Å². The van der Waals surface area contributed by atoms with Crippen molar-refractivity contribution < 1.29 is 14.0 Å². The van der Waals surface area contributed by atoms with Gasteiger partial charge in [-0.3, -0.25) is 14.5 Å². The van der Waals surface area contributed by atoms with Gasteiger partial charge in [-0.1, -0.05) is 0 Å². The first-order valence-electron chi connectivity index (χ1n) is 9.08. The Hall–Kier alpha value is -2.61. The third kappa shape index (κ3) is 3.50. The summed E-state index contributed by atoms with van der Waals surface area (Å²) >= 11 is 0. The van der Waals surface area contributed by atoms with E-state index >= 15 is 0 Å². The minimum absolute atomic E-state index is 0.150. The van der Waals surface area contributed by atoms with Gasteiger partial charge in [0.25, 0.3) is 5.91 Å². The number of hydrogen-bond donors (Lipinski definition) is 2. The van der Waals surface area contributed by atoms with Gasteiger partial charge >= 0.3 is 0 Å². The van der Waals surface area contributed by atoms with E-state index in [9.17, 15) is 9.59 Å². The molecule has 2 aliphatic rings. The predicted octanol–water partition coefficient (Wildman–Crippen LogP) is 0.782. The molecule has 8 heteroatoms. The molecule has 2 aromatic heterocycles. The second-order valence-electron chi connectivity index (χ2n) is 6.84. The fourth-order valence-corrected chi connectivity index (χ4v) is 3.65. The summed E-state index contributed by atoms with van der Waals surface area (Å²) in [6.45, 7) is 3.79. The fourth-order valence-electron chi connectivity index (χ4n) is 3.65. The van der Waals surface area contributed by atoms with Crippen molar-refractivity contribution in [3.8, 4) is 0 Å². The summed E-state index contributed by atoms with van der Waals surface area (Å²) in [5.41, 5.74) is 0.819. The number of piperazine rings is 1. The number of nitrogens with zero attached hydrogens (tertiary/aromatic N) is 3. The summed E-state index contributed by atoms with van der Waals surface area (Å²) in [7, 11) is 0. The first kappa shape index (κ1) is 16.8. The van der Waals surface area contributed by atoms with E-state index in [2.05, 4.69) is 20.2 Å². The maximum Gasteiger partial charge on any atom is 0.290 e. The SMILES string of the molecule is O=C1NCCN(C(=O)c2ccc(CN3CCCC3)o2)[C@@H]1Cc1cnc[nH]1.